The third kappa shape index (κ3) is 7.10. The third-order valence-electron chi connectivity index (χ3n) is 4.82. The number of aryl methyl sites for hydroxylation is 1. The van der Waals surface area contributed by atoms with Crippen molar-refractivity contribution in [2.75, 3.05) is 13.2 Å². The monoisotopic (exact) mass is 446 g/mol. The van der Waals surface area contributed by atoms with Gasteiger partial charge in [0.15, 0.2) is 0 Å². The number of nitrogens with one attached hydrogen (secondary N) is 2. The molecular weight excluding hydrogens is 416 g/mol. The molecule has 0 heterocycles. The van der Waals surface area contributed by atoms with Crippen molar-refractivity contribution < 1.29 is 18.9 Å². The normalized spacial score (nSPS) is 10.4. The molecule has 3 aromatic carbocycles. The second kappa shape index (κ2) is 11.7. The Morgan fingerprint density at radius 3 is 1.39 bits per heavy atom. The zero-order valence-electron chi connectivity index (χ0n) is 19.3. The van der Waals surface area contributed by atoms with Crippen molar-refractivity contribution in [3.8, 4) is 11.5 Å². The summed E-state index contributed by atoms with van der Waals surface area (Å²) in [6, 6.07) is 20.9. The minimum Gasteiger partial charge on any atom is -0.489 e. The van der Waals surface area contributed by atoms with Crippen LogP contribution in [0.3, 0.4) is 0 Å². The summed E-state index contributed by atoms with van der Waals surface area (Å²) in [5, 5.41) is 15.7. The molecule has 0 saturated carbocycles. The van der Waals surface area contributed by atoms with Crippen molar-refractivity contribution in [3.05, 3.63) is 94.5 Å². The van der Waals surface area contributed by atoms with E-state index in [9.17, 15) is 0 Å². The predicted molar refractivity (Wildman–Crippen MR) is 130 cm³/mol. The molecule has 3 aromatic rings. The van der Waals surface area contributed by atoms with Crippen LogP contribution < -0.4 is 9.47 Å². The molecule has 0 aliphatic carbocycles. The minimum atomic E-state index is 0.162. The van der Waals surface area contributed by atoms with Crippen LogP contribution >= 0.6 is 0 Å². The lowest BCUT2D eigenvalue weighted by molar-refractivity contribution is 0.299. The van der Waals surface area contributed by atoms with E-state index in [2.05, 4.69) is 25.1 Å². The van der Waals surface area contributed by atoms with Crippen molar-refractivity contribution in [2.45, 2.75) is 34.0 Å². The van der Waals surface area contributed by atoms with Crippen molar-refractivity contribution in [1.82, 2.24) is 0 Å². The highest BCUT2D eigenvalue weighted by Gasteiger charge is 2.06. The smallest absolute Gasteiger partial charge is 0.213 e. The molecule has 0 spiro atoms. The van der Waals surface area contributed by atoms with Crippen LogP contribution in [0.15, 0.2) is 66.7 Å². The van der Waals surface area contributed by atoms with Gasteiger partial charge in [0, 0.05) is 11.1 Å². The lowest BCUT2D eigenvalue weighted by Crippen LogP contribution is -2.05. The van der Waals surface area contributed by atoms with E-state index < -0.39 is 0 Å². The Morgan fingerprint density at radius 1 is 0.636 bits per heavy atom. The van der Waals surface area contributed by atoms with Gasteiger partial charge in [-0.3, -0.25) is 10.8 Å². The van der Waals surface area contributed by atoms with Gasteiger partial charge in [-0.05, 0) is 86.5 Å². The van der Waals surface area contributed by atoms with Crippen LogP contribution in [0.4, 0.5) is 0 Å². The third-order valence-corrected chi connectivity index (χ3v) is 4.82. The summed E-state index contributed by atoms with van der Waals surface area (Å²) in [5.74, 6) is 1.80. The maximum atomic E-state index is 7.84. The summed E-state index contributed by atoms with van der Waals surface area (Å²) in [6.07, 6.45) is 0. The molecule has 0 atom stereocenters. The lowest BCUT2D eigenvalue weighted by atomic mass is 10.1. The molecule has 0 unspecified atom stereocenters. The van der Waals surface area contributed by atoms with Gasteiger partial charge < -0.3 is 18.9 Å². The van der Waals surface area contributed by atoms with E-state index in [1.165, 1.54) is 0 Å². The van der Waals surface area contributed by atoms with Gasteiger partial charge in [0.25, 0.3) is 0 Å². The second-order valence-electron chi connectivity index (χ2n) is 7.48. The first-order chi connectivity index (χ1) is 16.0. The molecule has 6 nitrogen and oxygen atoms in total. The van der Waals surface area contributed by atoms with Crippen LogP contribution in [-0.4, -0.2) is 25.0 Å². The average Bonchev–Trinajstić information content (AvgIpc) is 2.82. The number of hydrogen-bond acceptors (Lipinski definition) is 6. The van der Waals surface area contributed by atoms with E-state index in [4.69, 9.17) is 29.8 Å². The first-order valence-corrected chi connectivity index (χ1v) is 11.0. The Kier molecular flexibility index (Phi) is 8.47. The molecule has 0 aromatic heterocycles. The van der Waals surface area contributed by atoms with Gasteiger partial charge in [-0.1, -0.05) is 17.7 Å². The average molecular weight is 447 g/mol. The Bertz CT molecular complexity index is 993. The molecule has 33 heavy (non-hydrogen) atoms. The maximum absolute atomic E-state index is 7.84. The highest BCUT2D eigenvalue weighted by molar-refractivity contribution is 5.92. The van der Waals surface area contributed by atoms with E-state index >= 15 is 0 Å². The fourth-order valence-corrected chi connectivity index (χ4v) is 3.31. The quantitative estimate of drug-likeness (QED) is 0.301. The summed E-state index contributed by atoms with van der Waals surface area (Å²) in [6.45, 7) is 7.59. The number of ether oxygens (including phenoxy) is 4. The number of rotatable bonds is 10. The van der Waals surface area contributed by atoms with Crippen LogP contribution in [0.5, 0.6) is 11.5 Å². The Morgan fingerprint density at radius 2 is 1.03 bits per heavy atom. The van der Waals surface area contributed by atoms with Gasteiger partial charge in [-0.15, -0.1) is 0 Å². The predicted octanol–water partition coefficient (Wildman–Crippen LogP) is 5.88. The van der Waals surface area contributed by atoms with Crippen LogP contribution in [0.1, 0.15) is 41.7 Å². The molecule has 3 rings (SSSR count). The fraction of sp³-hybridized carbons (Fsp3) is 0.259. The van der Waals surface area contributed by atoms with Crippen LogP contribution in [0.2, 0.25) is 0 Å². The fourth-order valence-electron chi connectivity index (χ4n) is 3.31. The van der Waals surface area contributed by atoms with E-state index in [1.807, 2.05) is 62.4 Å². The first-order valence-electron chi connectivity index (χ1n) is 11.0. The SMILES string of the molecule is CCOC(=N)c1ccc(OCc2cc(C)cc(COc3ccc(C(=N)OCC)cc3)c2)cc1. The molecule has 0 amide bonds. The lowest BCUT2D eigenvalue weighted by Gasteiger charge is -2.12. The van der Waals surface area contributed by atoms with Gasteiger partial charge in [0.1, 0.15) is 24.7 Å². The molecular formula is C27H30N2O4. The van der Waals surface area contributed by atoms with Gasteiger partial charge >= 0.3 is 0 Å². The van der Waals surface area contributed by atoms with Crippen molar-refractivity contribution in [3.63, 3.8) is 0 Å². The van der Waals surface area contributed by atoms with Gasteiger partial charge in [0.05, 0.1) is 13.2 Å². The summed E-state index contributed by atoms with van der Waals surface area (Å²) < 4.78 is 22.3. The summed E-state index contributed by atoms with van der Waals surface area (Å²) in [5.41, 5.74) is 4.69. The first kappa shape index (κ1) is 23.9. The van der Waals surface area contributed by atoms with Crippen LogP contribution in [-0.2, 0) is 22.7 Å². The van der Waals surface area contributed by atoms with E-state index in [1.54, 1.807) is 0 Å². The Hall–Kier alpha value is -3.80. The van der Waals surface area contributed by atoms with Crippen LogP contribution in [0, 0.1) is 17.7 Å². The second-order valence-corrected chi connectivity index (χ2v) is 7.48. The highest BCUT2D eigenvalue weighted by Crippen LogP contribution is 2.19. The maximum Gasteiger partial charge on any atom is 0.213 e. The van der Waals surface area contributed by atoms with Gasteiger partial charge in [-0.25, -0.2) is 0 Å². The van der Waals surface area contributed by atoms with Gasteiger partial charge in [0.2, 0.25) is 11.8 Å². The standard InChI is InChI=1S/C27H30N2O4/c1-4-30-26(28)22-6-10-24(11-7-22)32-17-20-14-19(3)15-21(16-20)18-33-25-12-8-23(9-13-25)27(29)31-5-2/h6-16,28-29H,4-5,17-18H2,1-3H3. The van der Waals surface area contributed by atoms with Crippen LogP contribution in [0.25, 0.3) is 0 Å². The Labute approximate surface area is 195 Å². The van der Waals surface area contributed by atoms with E-state index in [-0.39, 0.29) is 11.8 Å². The number of hydrogen-bond donors (Lipinski definition) is 2. The number of benzene rings is 3. The molecule has 0 aliphatic heterocycles. The zero-order chi connectivity index (χ0) is 23.6. The molecule has 0 bridgehead atoms. The summed E-state index contributed by atoms with van der Waals surface area (Å²) in [7, 11) is 0. The molecule has 0 saturated heterocycles. The summed E-state index contributed by atoms with van der Waals surface area (Å²) >= 11 is 0. The molecule has 0 fully saturated rings. The Balaban J connectivity index is 1.57. The van der Waals surface area contributed by atoms with E-state index in [0.29, 0.717) is 26.4 Å². The summed E-state index contributed by atoms with van der Waals surface area (Å²) in [4.78, 5) is 0. The van der Waals surface area contributed by atoms with Crippen molar-refractivity contribution in [1.29, 1.82) is 10.8 Å². The van der Waals surface area contributed by atoms with Crippen molar-refractivity contribution in [2.24, 2.45) is 0 Å². The molecule has 0 aliphatic rings. The zero-order valence-corrected chi connectivity index (χ0v) is 19.3. The molecule has 0 radical (unpaired) electrons. The molecule has 6 heteroatoms. The largest absolute Gasteiger partial charge is 0.489 e. The minimum absolute atomic E-state index is 0.162. The van der Waals surface area contributed by atoms with E-state index in [0.717, 1.165) is 39.3 Å². The topological polar surface area (TPSA) is 84.6 Å². The van der Waals surface area contributed by atoms with Gasteiger partial charge in [-0.2, -0.15) is 0 Å². The highest BCUT2D eigenvalue weighted by atomic mass is 16.5. The molecule has 172 valence electrons. The van der Waals surface area contributed by atoms with Crippen molar-refractivity contribution >= 4 is 11.8 Å². The molecule has 2 N–H and O–H groups in total.